The highest BCUT2D eigenvalue weighted by Crippen LogP contribution is 1.62. The van der Waals surface area contributed by atoms with Crippen LogP contribution < -0.4 is 16.1 Å². The van der Waals surface area contributed by atoms with E-state index in [1.165, 1.54) is 18.6 Å². The second kappa shape index (κ2) is 7.84. The van der Waals surface area contributed by atoms with Crippen LogP contribution in [0.4, 0.5) is 0 Å². The van der Waals surface area contributed by atoms with Crippen molar-refractivity contribution in [2.75, 3.05) is 7.11 Å². The van der Waals surface area contributed by atoms with Gasteiger partial charge in [-0.15, -0.1) is 0 Å². The van der Waals surface area contributed by atoms with Gasteiger partial charge in [0.15, 0.2) is 12.5 Å². The molecule has 0 spiro atoms. The lowest BCUT2D eigenvalue weighted by atomic mass is 10.5. The normalized spacial score (nSPS) is 11.6. The maximum absolute atomic E-state index is 8.13. The molecule has 1 aromatic heterocycles. The Bertz CT molecular complexity index is 378. The predicted octanol–water partition coefficient (Wildman–Crippen LogP) is -3.08. The molecule has 76 valence electrons. The standard InChI is InChI=1S/C7H7N3O2.CH4O/c8-2-1-6-7(5-12-11)10-4-3-9-6;1-2/h1-5,8,11H;2H,1H3/p+1/b6-1+,7-5+,8-2?;. The van der Waals surface area contributed by atoms with E-state index in [9.17, 15) is 0 Å². The quantitative estimate of drug-likeness (QED) is 0.266. The Balaban J connectivity index is 0.000000791. The molecule has 0 saturated carbocycles. The van der Waals surface area contributed by atoms with E-state index < -0.39 is 0 Å². The van der Waals surface area contributed by atoms with Crippen LogP contribution in [0, 0.1) is 0 Å². The number of nitrogens with zero attached hydrogens (tertiary/aromatic N) is 2. The van der Waals surface area contributed by atoms with E-state index in [-0.39, 0.29) is 0 Å². The lowest BCUT2D eigenvalue weighted by Gasteiger charge is -1.85. The van der Waals surface area contributed by atoms with Crippen LogP contribution in [-0.2, 0) is 4.89 Å². The molecule has 1 heterocycles. The fourth-order valence-corrected chi connectivity index (χ4v) is 0.720. The summed E-state index contributed by atoms with van der Waals surface area (Å²) in [7, 11) is 1.00. The largest absolute Gasteiger partial charge is 0.400 e. The molecule has 0 aromatic carbocycles. The van der Waals surface area contributed by atoms with Crippen molar-refractivity contribution >= 4 is 18.6 Å². The third-order valence-corrected chi connectivity index (χ3v) is 1.17. The summed E-state index contributed by atoms with van der Waals surface area (Å²) in [5, 5.41) is 21.2. The zero-order chi connectivity index (χ0) is 10.8. The van der Waals surface area contributed by atoms with Crippen molar-refractivity contribution in [1.82, 2.24) is 9.97 Å². The molecule has 14 heavy (non-hydrogen) atoms. The van der Waals surface area contributed by atoms with Gasteiger partial charge >= 0.3 is 0 Å². The molecule has 4 N–H and O–H groups in total. The van der Waals surface area contributed by atoms with Gasteiger partial charge in [-0.3, -0.25) is 10.4 Å². The van der Waals surface area contributed by atoms with E-state index in [1.54, 1.807) is 6.08 Å². The van der Waals surface area contributed by atoms with Crippen LogP contribution >= 0.6 is 0 Å². The molecule has 1 rings (SSSR count). The summed E-state index contributed by atoms with van der Waals surface area (Å²) in [6.45, 7) is 0. The molecule has 0 radical (unpaired) electrons. The number of nitrogens with two attached hydrogens (primary N) is 1. The Morgan fingerprint density at radius 3 is 2.36 bits per heavy atom. The second-order valence-electron chi connectivity index (χ2n) is 1.91. The average Bonchev–Trinajstić information content (AvgIpc) is 2.25. The smallest absolute Gasteiger partial charge is 0.162 e. The fourth-order valence-electron chi connectivity index (χ4n) is 0.720. The van der Waals surface area contributed by atoms with Crippen LogP contribution in [0.5, 0.6) is 0 Å². The van der Waals surface area contributed by atoms with Gasteiger partial charge in [0.25, 0.3) is 0 Å². The minimum Gasteiger partial charge on any atom is -0.400 e. The SMILES string of the molecule is CO.[NH2+]=C/C=c1/nccn/c1=C/OO. The van der Waals surface area contributed by atoms with Gasteiger partial charge in [0, 0.05) is 25.6 Å². The van der Waals surface area contributed by atoms with Gasteiger partial charge in [-0.05, 0) is 0 Å². The zero-order valence-electron chi connectivity index (χ0n) is 7.66. The van der Waals surface area contributed by atoms with Crippen LogP contribution in [0.25, 0.3) is 12.3 Å². The number of rotatable bonds is 2. The van der Waals surface area contributed by atoms with E-state index in [0.29, 0.717) is 10.7 Å². The van der Waals surface area contributed by atoms with Crippen molar-refractivity contribution in [2.24, 2.45) is 0 Å². The highest BCUT2D eigenvalue weighted by atomic mass is 17.1. The van der Waals surface area contributed by atoms with Gasteiger partial charge in [-0.1, -0.05) is 0 Å². The molecule has 0 amide bonds. The Labute approximate surface area is 80.3 Å². The monoisotopic (exact) mass is 198 g/mol. The van der Waals surface area contributed by atoms with E-state index in [2.05, 4.69) is 14.9 Å². The van der Waals surface area contributed by atoms with Crippen LogP contribution in [-0.4, -0.2) is 33.7 Å². The Morgan fingerprint density at radius 2 is 1.86 bits per heavy atom. The lowest BCUT2D eigenvalue weighted by Crippen LogP contribution is -2.35. The summed E-state index contributed by atoms with van der Waals surface area (Å²) in [5.74, 6) is 0. The van der Waals surface area contributed by atoms with E-state index >= 15 is 0 Å². The van der Waals surface area contributed by atoms with Crippen LogP contribution in [0.2, 0.25) is 0 Å². The summed E-state index contributed by atoms with van der Waals surface area (Å²) >= 11 is 0. The second-order valence-corrected chi connectivity index (χ2v) is 1.91. The van der Waals surface area contributed by atoms with Crippen molar-refractivity contribution < 1.29 is 20.7 Å². The van der Waals surface area contributed by atoms with Crippen molar-refractivity contribution in [3.05, 3.63) is 23.1 Å². The first-order valence-electron chi connectivity index (χ1n) is 3.66. The van der Waals surface area contributed by atoms with Crippen LogP contribution in [0.1, 0.15) is 0 Å². The maximum atomic E-state index is 8.13. The topological polar surface area (TPSA) is 101 Å². The molecule has 0 saturated heterocycles. The molecule has 0 unspecified atom stereocenters. The number of hydrogen-bond acceptors (Lipinski definition) is 5. The molecule has 0 atom stereocenters. The molecular weight excluding hydrogens is 186 g/mol. The highest BCUT2D eigenvalue weighted by Gasteiger charge is 1.85. The molecule has 0 bridgehead atoms. The van der Waals surface area contributed by atoms with Crippen molar-refractivity contribution in [1.29, 1.82) is 0 Å². The lowest BCUT2D eigenvalue weighted by molar-refractivity contribution is -0.162. The third-order valence-electron chi connectivity index (χ3n) is 1.17. The molecule has 1 aromatic rings. The van der Waals surface area contributed by atoms with Gasteiger partial charge in [0.05, 0.1) is 5.35 Å². The fraction of sp³-hybridized carbons (Fsp3) is 0.125. The van der Waals surface area contributed by atoms with E-state index in [4.69, 9.17) is 15.8 Å². The zero-order valence-corrected chi connectivity index (χ0v) is 7.66. The predicted molar refractivity (Wildman–Crippen MR) is 50.1 cm³/mol. The number of aromatic nitrogens is 2. The first kappa shape index (κ1) is 12.2. The number of aliphatic hydroxyl groups is 1. The average molecular weight is 198 g/mol. The van der Waals surface area contributed by atoms with E-state index in [0.717, 1.165) is 13.4 Å². The molecule has 0 aliphatic rings. The van der Waals surface area contributed by atoms with Crippen molar-refractivity contribution in [3.63, 3.8) is 0 Å². The van der Waals surface area contributed by atoms with Crippen molar-refractivity contribution in [2.45, 2.75) is 0 Å². The summed E-state index contributed by atoms with van der Waals surface area (Å²) in [4.78, 5) is 11.6. The summed E-state index contributed by atoms with van der Waals surface area (Å²) in [6.07, 6.45) is 6.96. The van der Waals surface area contributed by atoms with Crippen LogP contribution in [0.3, 0.4) is 0 Å². The highest BCUT2D eigenvalue weighted by molar-refractivity contribution is 5.85. The Morgan fingerprint density at radius 1 is 1.29 bits per heavy atom. The Hall–Kier alpha value is -1.79. The summed E-state index contributed by atoms with van der Waals surface area (Å²) < 4.78 is 0. The first-order chi connectivity index (χ1) is 6.88. The molecule has 6 nitrogen and oxygen atoms in total. The number of hydrogen-bond donors (Lipinski definition) is 3. The molecule has 0 aliphatic heterocycles. The molecule has 6 heteroatoms. The van der Waals surface area contributed by atoms with Crippen molar-refractivity contribution in [3.8, 4) is 0 Å². The minimum absolute atomic E-state index is 0.418. The van der Waals surface area contributed by atoms with Gasteiger partial charge < -0.3 is 9.99 Å². The van der Waals surface area contributed by atoms with Gasteiger partial charge in [0.2, 0.25) is 0 Å². The van der Waals surface area contributed by atoms with E-state index in [1.807, 2.05) is 0 Å². The van der Waals surface area contributed by atoms with Gasteiger partial charge in [-0.2, -0.15) is 0 Å². The van der Waals surface area contributed by atoms with Gasteiger partial charge in [0.1, 0.15) is 5.35 Å². The summed E-state index contributed by atoms with van der Waals surface area (Å²) in [5.41, 5.74) is 0. The minimum atomic E-state index is 0.418. The molecular formula is C8H12N3O3+. The first-order valence-corrected chi connectivity index (χ1v) is 3.66. The molecule has 0 fully saturated rings. The Kier molecular flexibility index (Phi) is 6.84. The van der Waals surface area contributed by atoms with Crippen LogP contribution in [0.15, 0.2) is 12.4 Å². The maximum Gasteiger partial charge on any atom is 0.162 e. The van der Waals surface area contributed by atoms with Gasteiger partial charge in [-0.25, -0.2) is 10.2 Å². The number of aliphatic hydroxyl groups excluding tert-OH is 1. The third kappa shape index (κ3) is 3.74. The summed E-state index contributed by atoms with van der Waals surface area (Å²) in [6, 6.07) is 0. The molecule has 0 aliphatic carbocycles.